The summed E-state index contributed by atoms with van der Waals surface area (Å²) < 4.78 is 0. The molecule has 142 valence electrons. The standard InChI is InChI=1S/C22H22N4O2/c27-21(18-9-5-2-6-10-18)25-11-13-26(14-12-25)22(28)20-16-19(23-24-20)15-17-7-3-1-4-8-17/h1-10,16H,11-15H2,(H,23,24). The van der Waals surface area contributed by atoms with Crippen molar-refractivity contribution in [2.24, 2.45) is 0 Å². The molecule has 1 aromatic heterocycles. The minimum absolute atomic E-state index is 0.0117. The second kappa shape index (κ2) is 8.08. The zero-order chi connectivity index (χ0) is 19.3. The summed E-state index contributed by atoms with van der Waals surface area (Å²) in [7, 11) is 0. The molecule has 1 N–H and O–H groups in total. The van der Waals surface area contributed by atoms with Crippen LogP contribution in [0.15, 0.2) is 66.7 Å². The van der Waals surface area contributed by atoms with E-state index in [2.05, 4.69) is 10.2 Å². The lowest BCUT2D eigenvalue weighted by molar-refractivity contribution is 0.0532. The van der Waals surface area contributed by atoms with E-state index in [0.717, 1.165) is 11.3 Å². The summed E-state index contributed by atoms with van der Waals surface area (Å²) in [6.45, 7) is 2.08. The Balaban J connectivity index is 1.35. The predicted octanol–water partition coefficient (Wildman–Crippen LogP) is 2.60. The van der Waals surface area contributed by atoms with Crippen molar-refractivity contribution < 1.29 is 9.59 Å². The molecule has 0 aliphatic carbocycles. The smallest absolute Gasteiger partial charge is 0.274 e. The van der Waals surface area contributed by atoms with Gasteiger partial charge in [0.1, 0.15) is 5.69 Å². The third-order valence-corrected chi connectivity index (χ3v) is 4.96. The van der Waals surface area contributed by atoms with Gasteiger partial charge in [0.25, 0.3) is 11.8 Å². The molecule has 1 fully saturated rings. The molecule has 1 aliphatic rings. The SMILES string of the molecule is O=C(c1ccccc1)N1CCN(C(=O)c2cc(Cc3ccccc3)[nH]n2)CC1. The summed E-state index contributed by atoms with van der Waals surface area (Å²) >= 11 is 0. The molecule has 28 heavy (non-hydrogen) atoms. The van der Waals surface area contributed by atoms with E-state index in [1.807, 2.05) is 66.7 Å². The topological polar surface area (TPSA) is 69.3 Å². The number of piperazine rings is 1. The fourth-order valence-electron chi connectivity index (χ4n) is 3.42. The van der Waals surface area contributed by atoms with Crippen LogP contribution in [0.3, 0.4) is 0 Å². The van der Waals surface area contributed by atoms with Gasteiger partial charge in [-0.1, -0.05) is 48.5 Å². The Morgan fingerprint density at radius 3 is 2.04 bits per heavy atom. The summed E-state index contributed by atoms with van der Waals surface area (Å²) in [4.78, 5) is 28.8. The van der Waals surface area contributed by atoms with Crippen LogP contribution in [0.25, 0.3) is 0 Å². The molecule has 0 bridgehead atoms. The fraction of sp³-hybridized carbons (Fsp3) is 0.227. The zero-order valence-corrected chi connectivity index (χ0v) is 15.5. The quantitative estimate of drug-likeness (QED) is 0.763. The number of carbonyl (C=O) groups excluding carboxylic acids is 2. The number of nitrogens with one attached hydrogen (secondary N) is 1. The van der Waals surface area contributed by atoms with Crippen molar-refractivity contribution in [3.63, 3.8) is 0 Å². The maximum Gasteiger partial charge on any atom is 0.274 e. The number of hydrogen-bond donors (Lipinski definition) is 1. The molecule has 6 heteroatoms. The van der Waals surface area contributed by atoms with Crippen LogP contribution in [0, 0.1) is 0 Å². The Labute approximate surface area is 163 Å². The summed E-state index contributed by atoms with van der Waals surface area (Å²) in [5.41, 5.74) is 3.18. The Kier molecular flexibility index (Phi) is 5.19. The fourth-order valence-corrected chi connectivity index (χ4v) is 3.42. The van der Waals surface area contributed by atoms with Gasteiger partial charge in [0.15, 0.2) is 0 Å². The van der Waals surface area contributed by atoms with E-state index in [-0.39, 0.29) is 11.8 Å². The minimum Gasteiger partial charge on any atom is -0.335 e. The van der Waals surface area contributed by atoms with E-state index in [1.165, 1.54) is 0 Å². The zero-order valence-electron chi connectivity index (χ0n) is 15.5. The van der Waals surface area contributed by atoms with Gasteiger partial charge in [-0.05, 0) is 23.8 Å². The first-order valence-corrected chi connectivity index (χ1v) is 9.42. The van der Waals surface area contributed by atoms with Crippen LogP contribution < -0.4 is 0 Å². The second-order valence-electron chi connectivity index (χ2n) is 6.89. The van der Waals surface area contributed by atoms with Crippen LogP contribution in [0.2, 0.25) is 0 Å². The van der Waals surface area contributed by atoms with Crippen LogP contribution in [0.5, 0.6) is 0 Å². The molecule has 0 radical (unpaired) electrons. The van der Waals surface area contributed by atoms with Crippen molar-refractivity contribution in [1.82, 2.24) is 20.0 Å². The van der Waals surface area contributed by atoms with Crippen LogP contribution in [-0.4, -0.2) is 58.0 Å². The van der Waals surface area contributed by atoms with Crippen LogP contribution >= 0.6 is 0 Å². The number of nitrogens with zero attached hydrogens (tertiary/aromatic N) is 3. The number of H-pyrrole nitrogens is 1. The van der Waals surface area contributed by atoms with Crippen LogP contribution in [0.1, 0.15) is 32.1 Å². The first-order chi connectivity index (χ1) is 13.7. The van der Waals surface area contributed by atoms with E-state index in [9.17, 15) is 9.59 Å². The van der Waals surface area contributed by atoms with Crippen molar-refractivity contribution in [3.05, 3.63) is 89.2 Å². The number of amides is 2. The molecule has 2 aromatic carbocycles. The minimum atomic E-state index is -0.0950. The first kappa shape index (κ1) is 18.0. The Bertz CT molecular complexity index is 945. The van der Waals surface area contributed by atoms with Crippen molar-refractivity contribution in [2.45, 2.75) is 6.42 Å². The van der Waals surface area contributed by atoms with Gasteiger partial charge < -0.3 is 9.80 Å². The van der Waals surface area contributed by atoms with E-state index in [4.69, 9.17) is 0 Å². The van der Waals surface area contributed by atoms with Crippen molar-refractivity contribution >= 4 is 11.8 Å². The number of aromatic amines is 1. The highest BCUT2D eigenvalue weighted by Crippen LogP contribution is 2.13. The van der Waals surface area contributed by atoms with Gasteiger partial charge >= 0.3 is 0 Å². The largest absolute Gasteiger partial charge is 0.335 e. The second-order valence-corrected chi connectivity index (χ2v) is 6.89. The molecule has 4 rings (SSSR count). The highest BCUT2D eigenvalue weighted by Gasteiger charge is 2.26. The summed E-state index contributed by atoms with van der Waals surface area (Å²) in [6.07, 6.45) is 0.709. The molecule has 2 amide bonds. The third-order valence-electron chi connectivity index (χ3n) is 4.96. The Hall–Kier alpha value is -3.41. The molecule has 1 aliphatic heterocycles. The molecule has 3 aromatic rings. The molecule has 0 spiro atoms. The number of benzene rings is 2. The van der Waals surface area contributed by atoms with Gasteiger partial charge in [0.2, 0.25) is 0 Å². The monoisotopic (exact) mass is 374 g/mol. The van der Waals surface area contributed by atoms with E-state index < -0.39 is 0 Å². The summed E-state index contributed by atoms with van der Waals surface area (Å²) in [6, 6.07) is 21.1. The average molecular weight is 374 g/mol. The van der Waals surface area contributed by atoms with Crippen molar-refractivity contribution in [2.75, 3.05) is 26.2 Å². The molecular weight excluding hydrogens is 352 g/mol. The van der Waals surface area contributed by atoms with E-state index in [1.54, 1.807) is 9.80 Å². The lowest BCUT2D eigenvalue weighted by atomic mass is 10.1. The highest BCUT2D eigenvalue weighted by molar-refractivity contribution is 5.95. The summed E-state index contributed by atoms with van der Waals surface area (Å²) in [5, 5.41) is 7.15. The number of rotatable bonds is 4. The Morgan fingerprint density at radius 1 is 0.821 bits per heavy atom. The number of aromatic nitrogens is 2. The highest BCUT2D eigenvalue weighted by atomic mass is 16.2. The number of carbonyl (C=O) groups is 2. The lowest BCUT2D eigenvalue weighted by Gasteiger charge is -2.34. The van der Waals surface area contributed by atoms with Gasteiger partial charge in [0, 0.05) is 43.9 Å². The molecule has 0 saturated carbocycles. The Morgan fingerprint density at radius 2 is 1.39 bits per heavy atom. The van der Waals surface area contributed by atoms with Gasteiger partial charge in [-0.3, -0.25) is 14.7 Å². The molecule has 0 unspecified atom stereocenters. The molecule has 2 heterocycles. The van der Waals surface area contributed by atoms with E-state index in [0.29, 0.717) is 43.9 Å². The van der Waals surface area contributed by atoms with Crippen LogP contribution in [-0.2, 0) is 6.42 Å². The number of hydrogen-bond acceptors (Lipinski definition) is 3. The lowest BCUT2D eigenvalue weighted by Crippen LogP contribution is -2.50. The maximum atomic E-state index is 12.8. The predicted molar refractivity (Wildman–Crippen MR) is 106 cm³/mol. The summed E-state index contributed by atoms with van der Waals surface area (Å²) in [5.74, 6) is -0.0833. The molecule has 0 atom stereocenters. The first-order valence-electron chi connectivity index (χ1n) is 9.42. The third kappa shape index (κ3) is 3.96. The van der Waals surface area contributed by atoms with Gasteiger partial charge in [-0.25, -0.2) is 0 Å². The average Bonchev–Trinajstić information content (AvgIpc) is 3.22. The normalized spacial score (nSPS) is 14.1. The molecule has 6 nitrogen and oxygen atoms in total. The van der Waals surface area contributed by atoms with Crippen LogP contribution in [0.4, 0.5) is 0 Å². The van der Waals surface area contributed by atoms with Gasteiger partial charge in [0.05, 0.1) is 0 Å². The molecule has 1 saturated heterocycles. The van der Waals surface area contributed by atoms with Crippen molar-refractivity contribution in [1.29, 1.82) is 0 Å². The van der Waals surface area contributed by atoms with Crippen molar-refractivity contribution in [3.8, 4) is 0 Å². The molecular formula is C22H22N4O2. The van der Waals surface area contributed by atoms with Gasteiger partial charge in [-0.15, -0.1) is 0 Å². The van der Waals surface area contributed by atoms with Gasteiger partial charge in [-0.2, -0.15) is 5.10 Å². The maximum absolute atomic E-state index is 12.8. The van der Waals surface area contributed by atoms with E-state index >= 15 is 0 Å².